The van der Waals surface area contributed by atoms with Gasteiger partial charge in [0.15, 0.2) is 0 Å². The molecule has 0 radical (unpaired) electrons. The molecule has 3 rings (SSSR count). The van der Waals surface area contributed by atoms with Gasteiger partial charge in [0.1, 0.15) is 5.69 Å². The van der Waals surface area contributed by atoms with Crippen molar-refractivity contribution < 1.29 is 4.79 Å². The highest BCUT2D eigenvalue weighted by molar-refractivity contribution is 7.10. The van der Waals surface area contributed by atoms with Crippen molar-refractivity contribution in [2.75, 3.05) is 0 Å². The van der Waals surface area contributed by atoms with E-state index in [-0.39, 0.29) is 23.2 Å². The lowest BCUT2D eigenvalue weighted by Crippen LogP contribution is -2.33. The second kappa shape index (κ2) is 6.22. The van der Waals surface area contributed by atoms with Gasteiger partial charge in [0.05, 0.1) is 6.04 Å². The summed E-state index contributed by atoms with van der Waals surface area (Å²) in [5.74, 6) is 0.243. The van der Waals surface area contributed by atoms with E-state index in [1.165, 1.54) is 29.9 Å². The summed E-state index contributed by atoms with van der Waals surface area (Å²) in [5.41, 5.74) is -0.0636. The van der Waals surface area contributed by atoms with Crippen LogP contribution in [0.3, 0.4) is 0 Å². The molecule has 1 atom stereocenters. The maximum absolute atomic E-state index is 12.3. The molecule has 5 nitrogen and oxygen atoms in total. The van der Waals surface area contributed by atoms with Gasteiger partial charge in [-0.25, -0.2) is 5.10 Å². The Morgan fingerprint density at radius 2 is 2.14 bits per heavy atom. The van der Waals surface area contributed by atoms with Crippen molar-refractivity contribution in [2.45, 2.75) is 31.7 Å². The third kappa shape index (κ3) is 3.21. The van der Waals surface area contributed by atoms with Crippen molar-refractivity contribution in [1.82, 2.24) is 15.5 Å². The fourth-order valence-electron chi connectivity index (χ4n) is 2.87. The normalized spacial score (nSPS) is 16.8. The van der Waals surface area contributed by atoms with E-state index < -0.39 is 0 Å². The molecular weight excluding hydrogens is 286 g/mol. The van der Waals surface area contributed by atoms with E-state index in [1.54, 1.807) is 11.3 Å². The zero-order chi connectivity index (χ0) is 14.7. The summed E-state index contributed by atoms with van der Waals surface area (Å²) in [4.78, 5) is 24.5. The first-order valence-corrected chi connectivity index (χ1v) is 8.02. The summed E-state index contributed by atoms with van der Waals surface area (Å²) in [6.07, 6.45) is 4.72. The second-order valence-electron chi connectivity index (χ2n) is 5.32. The molecular formula is C15H17N3O2S. The number of H-pyrrole nitrogens is 1. The predicted molar refractivity (Wildman–Crippen MR) is 81.3 cm³/mol. The Bertz CT molecular complexity index is 639. The van der Waals surface area contributed by atoms with Crippen LogP contribution in [0.15, 0.2) is 34.4 Å². The maximum atomic E-state index is 12.3. The minimum atomic E-state index is -0.308. The number of rotatable bonds is 4. The van der Waals surface area contributed by atoms with Gasteiger partial charge in [-0.05, 0) is 36.3 Å². The van der Waals surface area contributed by atoms with Crippen LogP contribution < -0.4 is 10.9 Å². The van der Waals surface area contributed by atoms with Crippen LogP contribution in [0.4, 0.5) is 0 Å². The van der Waals surface area contributed by atoms with Crippen LogP contribution in [0.1, 0.15) is 47.1 Å². The third-order valence-corrected chi connectivity index (χ3v) is 4.87. The fourth-order valence-corrected chi connectivity index (χ4v) is 3.74. The highest BCUT2D eigenvalue weighted by Crippen LogP contribution is 2.37. The van der Waals surface area contributed by atoms with Gasteiger partial charge in [-0.1, -0.05) is 18.9 Å². The number of nitrogens with zero attached hydrogens (tertiary/aromatic N) is 1. The smallest absolute Gasteiger partial charge is 0.272 e. The van der Waals surface area contributed by atoms with Crippen LogP contribution in [0.5, 0.6) is 0 Å². The molecule has 1 aliphatic rings. The van der Waals surface area contributed by atoms with Crippen LogP contribution in [-0.2, 0) is 0 Å². The number of amides is 1. The topological polar surface area (TPSA) is 74.8 Å². The van der Waals surface area contributed by atoms with E-state index in [1.807, 2.05) is 11.4 Å². The molecule has 2 heterocycles. The Balaban J connectivity index is 1.79. The van der Waals surface area contributed by atoms with Crippen molar-refractivity contribution in [3.63, 3.8) is 0 Å². The first kappa shape index (κ1) is 14.0. The van der Waals surface area contributed by atoms with E-state index in [0.717, 1.165) is 12.8 Å². The van der Waals surface area contributed by atoms with Crippen molar-refractivity contribution in [3.8, 4) is 0 Å². The van der Waals surface area contributed by atoms with Crippen LogP contribution in [0.25, 0.3) is 0 Å². The third-order valence-electron chi connectivity index (χ3n) is 3.92. The van der Waals surface area contributed by atoms with Gasteiger partial charge in [0.25, 0.3) is 11.5 Å². The molecule has 1 aliphatic carbocycles. The van der Waals surface area contributed by atoms with E-state index in [0.29, 0.717) is 5.92 Å². The lowest BCUT2D eigenvalue weighted by atomic mass is 9.96. The number of hydrogen-bond donors (Lipinski definition) is 2. The lowest BCUT2D eigenvalue weighted by molar-refractivity contribution is 0.0916. The Morgan fingerprint density at radius 1 is 1.33 bits per heavy atom. The average molecular weight is 303 g/mol. The first-order chi connectivity index (χ1) is 10.2. The molecule has 110 valence electrons. The molecule has 21 heavy (non-hydrogen) atoms. The van der Waals surface area contributed by atoms with Gasteiger partial charge in [-0.3, -0.25) is 9.59 Å². The second-order valence-corrected chi connectivity index (χ2v) is 6.30. The number of aromatic amines is 1. The minimum absolute atomic E-state index is 0.0359. The summed E-state index contributed by atoms with van der Waals surface area (Å²) in [6, 6.07) is 6.88. The van der Waals surface area contributed by atoms with E-state index in [4.69, 9.17) is 0 Å². The van der Waals surface area contributed by atoms with Crippen molar-refractivity contribution in [2.24, 2.45) is 5.92 Å². The fraction of sp³-hybridized carbons (Fsp3) is 0.400. The van der Waals surface area contributed by atoms with E-state index in [9.17, 15) is 9.59 Å². The quantitative estimate of drug-likeness (QED) is 0.911. The molecule has 1 fully saturated rings. The van der Waals surface area contributed by atoms with Crippen LogP contribution in [-0.4, -0.2) is 16.1 Å². The zero-order valence-corrected chi connectivity index (χ0v) is 12.4. The Hall–Kier alpha value is -1.95. The largest absolute Gasteiger partial charge is 0.343 e. The molecule has 1 saturated carbocycles. The Kier molecular flexibility index (Phi) is 4.15. The molecule has 0 bridgehead atoms. The van der Waals surface area contributed by atoms with Gasteiger partial charge < -0.3 is 5.32 Å². The summed E-state index contributed by atoms with van der Waals surface area (Å²) >= 11 is 1.66. The highest BCUT2D eigenvalue weighted by atomic mass is 32.1. The monoisotopic (exact) mass is 303 g/mol. The number of aromatic nitrogens is 2. The molecule has 0 unspecified atom stereocenters. The minimum Gasteiger partial charge on any atom is -0.343 e. The first-order valence-electron chi connectivity index (χ1n) is 7.14. The number of nitrogens with one attached hydrogen (secondary N) is 2. The predicted octanol–water partition coefficient (Wildman–Crippen LogP) is 2.49. The summed E-state index contributed by atoms with van der Waals surface area (Å²) in [7, 11) is 0. The molecule has 0 spiro atoms. The van der Waals surface area contributed by atoms with Crippen molar-refractivity contribution >= 4 is 17.2 Å². The van der Waals surface area contributed by atoms with Crippen LogP contribution >= 0.6 is 11.3 Å². The SMILES string of the molecule is O=C(N[C@H](c1cccs1)C1CCCC1)c1ccc(=O)[nH]n1. The van der Waals surface area contributed by atoms with Crippen molar-refractivity contribution in [3.05, 3.63) is 50.6 Å². The van der Waals surface area contributed by atoms with Gasteiger partial charge in [0.2, 0.25) is 0 Å². The zero-order valence-electron chi connectivity index (χ0n) is 11.5. The van der Waals surface area contributed by atoms with Gasteiger partial charge in [0, 0.05) is 10.9 Å². The molecule has 2 N–H and O–H groups in total. The maximum Gasteiger partial charge on any atom is 0.272 e. The standard InChI is InChI=1S/C15H17N3O2S/c19-13-8-7-11(17-18-13)15(20)16-14(10-4-1-2-5-10)12-6-3-9-21-12/h3,6-10,14H,1-2,4-5H2,(H,16,20)(H,18,19)/t14-/m0/s1. The molecule has 6 heteroatoms. The molecule has 0 aliphatic heterocycles. The number of carbonyl (C=O) groups is 1. The lowest BCUT2D eigenvalue weighted by Gasteiger charge is -2.23. The van der Waals surface area contributed by atoms with E-state index in [2.05, 4.69) is 21.6 Å². The number of carbonyl (C=O) groups excluding carboxylic acids is 1. The van der Waals surface area contributed by atoms with Crippen LogP contribution in [0.2, 0.25) is 0 Å². The average Bonchev–Trinajstić information content (AvgIpc) is 3.19. The van der Waals surface area contributed by atoms with Gasteiger partial charge in [-0.15, -0.1) is 11.3 Å². The number of hydrogen-bond acceptors (Lipinski definition) is 4. The summed E-state index contributed by atoms with van der Waals surface area (Å²) in [5, 5.41) is 11.2. The molecule has 0 saturated heterocycles. The molecule has 0 aromatic carbocycles. The van der Waals surface area contributed by atoms with Crippen molar-refractivity contribution in [1.29, 1.82) is 0 Å². The molecule has 2 aromatic heterocycles. The van der Waals surface area contributed by atoms with E-state index >= 15 is 0 Å². The Morgan fingerprint density at radius 3 is 2.76 bits per heavy atom. The summed E-state index contributed by atoms with van der Waals surface area (Å²) < 4.78 is 0. The highest BCUT2D eigenvalue weighted by Gasteiger charge is 2.28. The number of thiophene rings is 1. The molecule has 1 amide bonds. The van der Waals surface area contributed by atoms with Gasteiger partial charge in [-0.2, -0.15) is 5.10 Å². The van der Waals surface area contributed by atoms with Crippen LogP contribution in [0, 0.1) is 5.92 Å². The molecule has 2 aromatic rings. The Labute approximate surface area is 126 Å². The summed E-state index contributed by atoms with van der Waals surface area (Å²) in [6.45, 7) is 0. The van der Waals surface area contributed by atoms with Gasteiger partial charge >= 0.3 is 0 Å².